The number of thiocarbonyl (C=S) groups is 1. The highest BCUT2D eigenvalue weighted by molar-refractivity contribution is 7.80. The minimum absolute atomic E-state index is 0.0269. The molecule has 1 aromatic rings. The van der Waals surface area contributed by atoms with Crippen molar-refractivity contribution in [3.05, 3.63) is 29.8 Å². The lowest BCUT2D eigenvalue weighted by molar-refractivity contribution is -0.141. The number of nitrogens with zero attached hydrogens (tertiary/aromatic N) is 1. The molecule has 0 radical (unpaired) electrons. The molecular formula is C15H20N2O2S. The number of rotatable bonds is 5. The maximum atomic E-state index is 12.6. The summed E-state index contributed by atoms with van der Waals surface area (Å²) in [5.41, 5.74) is 6.19. The molecule has 1 saturated carbocycles. The Morgan fingerprint density at radius 3 is 2.70 bits per heavy atom. The first-order valence-corrected chi connectivity index (χ1v) is 7.09. The molecular weight excluding hydrogens is 272 g/mol. The van der Waals surface area contributed by atoms with Gasteiger partial charge in [0.2, 0.25) is 5.91 Å². The second-order valence-electron chi connectivity index (χ2n) is 5.31. The molecule has 0 aromatic heterocycles. The summed E-state index contributed by atoms with van der Waals surface area (Å²) in [5.74, 6) is 0.815. The highest BCUT2D eigenvalue weighted by Gasteiger charge is 2.48. The Morgan fingerprint density at radius 1 is 1.50 bits per heavy atom. The Morgan fingerprint density at radius 2 is 2.20 bits per heavy atom. The third kappa shape index (κ3) is 2.63. The molecule has 5 heteroatoms. The monoisotopic (exact) mass is 292 g/mol. The first-order chi connectivity index (χ1) is 9.49. The molecule has 0 saturated heterocycles. The molecule has 1 amide bonds. The van der Waals surface area contributed by atoms with Crippen LogP contribution in [0.5, 0.6) is 5.75 Å². The van der Waals surface area contributed by atoms with Crippen molar-refractivity contribution in [1.29, 1.82) is 0 Å². The van der Waals surface area contributed by atoms with Crippen LogP contribution >= 0.6 is 12.2 Å². The van der Waals surface area contributed by atoms with E-state index in [2.05, 4.69) is 0 Å². The van der Waals surface area contributed by atoms with E-state index in [-0.39, 0.29) is 5.91 Å². The van der Waals surface area contributed by atoms with Crippen LogP contribution in [0.1, 0.15) is 24.8 Å². The number of amides is 1. The number of benzene rings is 1. The Kier molecular flexibility index (Phi) is 4.28. The molecule has 2 N–H and O–H groups in total. The molecule has 0 atom stereocenters. The van der Waals surface area contributed by atoms with Crippen LogP contribution < -0.4 is 10.5 Å². The zero-order valence-electron chi connectivity index (χ0n) is 11.9. The summed E-state index contributed by atoms with van der Waals surface area (Å²) in [6.45, 7) is 0.528. The van der Waals surface area contributed by atoms with E-state index in [0.29, 0.717) is 11.5 Å². The second kappa shape index (κ2) is 5.79. The Hall–Kier alpha value is -1.62. The molecule has 0 bridgehead atoms. The van der Waals surface area contributed by atoms with E-state index >= 15 is 0 Å². The molecule has 0 aliphatic heterocycles. The van der Waals surface area contributed by atoms with Gasteiger partial charge in [-0.05, 0) is 30.5 Å². The zero-order valence-corrected chi connectivity index (χ0v) is 12.7. The van der Waals surface area contributed by atoms with Gasteiger partial charge in [0.05, 0.1) is 17.5 Å². The van der Waals surface area contributed by atoms with Crippen molar-refractivity contribution in [2.75, 3.05) is 14.2 Å². The van der Waals surface area contributed by atoms with Gasteiger partial charge in [0, 0.05) is 13.6 Å². The van der Waals surface area contributed by atoms with Crippen molar-refractivity contribution in [2.24, 2.45) is 11.1 Å². The fourth-order valence-electron chi connectivity index (χ4n) is 2.58. The van der Waals surface area contributed by atoms with Gasteiger partial charge in [-0.15, -0.1) is 0 Å². The summed E-state index contributed by atoms with van der Waals surface area (Å²) < 4.78 is 5.19. The molecule has 1 aliphatic carbocycles. The lowest BCUT2D eigenvalue weighted by atomic mass is 9.67. The molecule has 0 heterocycles. The standard InChI is InChI=1S/C15H20N2O2S/c1-17(10-11-5-3-6-12(9-11)19-2)14(18)15(13(16)20)7-4-8-15/h3,5-6,9H,4,7-8,10H2,1-2H3,(H2,16,20). The number of carbonyl (C=O) groups excluding carboxylic acids is 1. The Bertz CT molecular complexity index is 526. The molecule has 0 unspecified atom stereocenters. The van der Waals surface area contributed by atoms with Gasteiger partial charge in [0.1, 0.15) is 5.75 Å². The largest absolute Gasteiger partial charge is 0.497 e. The number of nitrogens with two attached hydrogens (primary N) is 1. The fourth-order valence-corrected chi connectivity index (χ4v) is 2.87. The number of hydrogen-bond acceptors (Lipinski definition) is 3. The van der Waals surface area contributed by atoms with E-state index in [0.717, 1.165) is 30.6 Å². The molecule has 2 rings (SSSR count). The third-order valence-corrected chi connectivity index (χ3v) is 4.38. The third-order valence-electron chi connectivity index (χ3n) is 3.99. The summed E-state index contributed by atoms with van der Waals surface area (Å²) in [7, 11) is 3.42. The summed E-state index contributed by atoms with van der Waals surface area (Å²) in [6, 6.07) is 7.70. The maximum absolute atomic E-state index is 12.6. The molecule has 1 fully saturated rings. The molecule has 4 nitrogen and oxygen atoms in total. The van der Waals surface area contributed by atoms with Crippen molar-refractivity contribution in [1.82, 2.24) is 4.90 Å². The van der Waals surface area contributed by atoms with E-state index in [4.69, 9.17) is 22.7 Å². The Balaban J connectivity index is 2.09. The minimum atomic E-state index is -0.608. The lowest BCUT2D eigenvalue weighted by Crippen LogP contribution is -2.53. The minimum Gasteiger partial charge on any atom is -0.497 e. The lowest BCUT2D eigenvalue weighted by Gasteiger charge is -2.41. The Labute approximate surface area is 124 Å². The average Bonchev–Trinajstić information content (AvgIpc) is 2.37. The van der Waals surface area contributed by atoms with E-state index in [1.807, 2.05) is 24.3 Å². The highest BCUT2D eigenvalue weighted by atomic mass is 32.1. The van der Waals surface area contributed by atoms with Crippen LogP contribution in [-0.2, 0) is 11.3 Å². The molecule has 108 valence electrons. The zero-order chi connectivity index (χ0) is 14.8. The predicted octanol–water partition coefficient (Wildman–Crippen LogP) is 2.11. The summed E-state index contributed by atoms with van der Waals surface area (Å²) in [5, 5.41) is 0. The van der Waals surface area contributed by atoms with Gasteiger partial charge in [-0.25, -0.2) is 0 Å². The number of methoxy groups -OCH3 is 1. The number of hydrogen-bond donors (Lipinski definition) is 1. The van der Waals surface area contributed by atoms with Crippen LogP contribution in [0.2, 0.25) is 0 Å². The van der Waals surface area contributed by atoms with Crippen molar-refractivity contribution >= 4 is 23.1 Å². The number of ether oxygens (including phenoxy) is 1. The van der Waals surface area contributed by atoms with Crippen LogP contribution in [0.3, 0.4) is 0 Å². The molecule has 0 spiro atoms. The van der Waals surface area contributed by atoms with E-state index < -0.39 is 5.41 Å². The molecule has 1 aromatic carbocycles. The van der Waals surface area contributed by atoms with Crippen LogP contribution in [0.4, 0.5) is 0 Å². The van der Waals surface area contributed by atoms with Crippen molar-refractivity contribution in [3.63, 3.8) is 0 Å². The second-order valence-corrected chi connectivity index (χ2v) is 5.75. The van der Waals surface area contributed by atoms with Crippen LogP contribution in [0.25, 0.3) is 0 Å². The average molecular weight is 292 g/mol. The van der Waals surface area contributed by atoms with Gasteiger partial charge < -0.3 is 15.4 Å². The SMILES string of the molecule is COc1cccc(CN(C)C(=O)C2(C(N)=S)CCC2)c1. The van der Waals surface area contributed by atoms with Crippen LogP contribution in [0.15, 0.2) is 24.3 Å². The van der Waals surface area contributed by atoms with Crippen molar-refractivity contribution < 1.29 is 9.53 Å². The van der Waals surface area contributed by atoms with Gasteiger partial charge in [0.25, 0.3) is 0 Å². The maximum Gasteiger partial charge on any atom is 0.235 e. The molecule has 20 heavy (non-hydrogen) atoms. The van der Waals surface area contributed by atoms with E-state index in [1.54, 1.807) is 19.1 Å². The molecule has 1 aliphatic rings. The summed E-state index contributed by atoms with van der Waals surface area (Å²) in [4.78, 5) is 14.6. The van der Waals surface area contributed by atoms with Crippen LogP contribution in [-0.4, -0.2) is 30.0 Å². The fraction of sp³-hybridized carbons (Fsp3) is 0.467. The van der Waals surface area contributed by atoms with Gasteiger partial charge >= 0.3 is 0 Å². The van der Waals surface area contributed by atoms with Crippen molar-refractivity contribution in [3.8, 4) is 5.75 Å². The van der Waals surface area contributed by atoms with E-state index in [1.165, 1.54) is 0 Å². The van der Waals surface area contributed by atoms with Crippen LogP contribution in [0, 0.1) is 5.41 Å². The summed E-state index contributed by atoms with van der Waals surface area (Å²) in [6.07, 6.45) is 2.54. The van der Waals surface area contributed by atoms with Gasteiger partial charge in [-0.1, -0.05) is 30.8 Å². The highest BCUT2D eigenvalue weighted by Crippen LogP contribution is 2.42. The quantitative estimate of drug-likeness (QED) is 0.845. The normalized spacial score (nSPS) is 16.1. The summed E-state index contributed by atoms with van der Waals surface area (Å²) >= 11 is 5.09. The number of carbonyl (C=O) groups is 1. The first-order valence-electron chi connectivity index (χ1n) is 6.68. The van der Waals surface area contributed by atoms with Gasteiger partial charge in [-0.3, -0.25) is 4.79 Å². The van der Waals surface area contributed by atoms with Crippen molar-refractivity contribution in [2.45, 2.75) is 25.8 Å². The van der Waals surface area contributed by atoms with E-state index in [9.17, 15) is 4.79 Å². The topological polar surface area (TPSA) is 55.6 Å². The smallest absolute Gasteiger partial charge is 0.235 e. The van der Waals surface area contributed by atoms with Gasteiger partial charge in [-0.2, -0.15) is 0 Å². The van der Waals surface area contributed by atoms with Gasteiger partial charge in [0.15, 0.2) is 0 Å². The first kappa shape index (κ1) is 14.8. The predicted molar refractivity (Wildman–Crippen MR) is 82.5 cm³/mol.